The van der Waals surface area contributed by atoms with E-state index in [1.54, 1.807) is 11.0 Å². The van der Waals surface area contributed by atoms with Gasteiger partial charge in [0.15, 0.2) is 6.61 Å². The molecule has 7 heteroatoms. The van der Waals surface area contributed by atoms with Crippen molar-refractivity contribution in [2.24, 2.45) is 11.8 Å². The van der Waals surface area contributed by atoms with E-state index in [9.17, 15) is 14.4 Å². The highest BCUT2D eigenvalue weighted by Gasteiger charge is 2.36. The third kappa shape index (κ3) is 5.25. The average molecular weight is 407 g/mol. The zero-order chi connectivity index (χ0) is 20.1. The van der Waals surface area contributed by atoms with Crippen molar-refractivity contribution in [3.63, 3.8) is 0 Å². The lowest BCUT2D eigenvalue weighted by Gasteiger charge is -2.29. The Balaban J connectivity index is 1.45. The van der Waals surface area contributed by atoms with Crippen LogP contribution in [0.15, 0.2) is 24.3 Å². The zero-order valence-corrected chi connectivity index (χ0v) is 16.9. The van der Waals surface area contributed by atoms with Crippen molar-refractivity contribution in [1.29, 1.82) is 0 Å². The number of halogens is 1. The van der Waals surface area contributed by atoms with Crippen molar-refractivity contribution in [3.05, 3.63) is 34.9 Å². The zero-order valence-electron chi connectivity index (χ0n) is 16.2. The Bertz CT molecular complexity index is 739. The van der Waals surface area contributed by atoms with Crippen LogP contribution in [0.2, 0.25) is 5.02 Å². The van der Waals surface area contributed by atoms with Gasteiger partial charge in [-0.25, -0.2) is 0 Å². The number of hydrogen-bond donors (Lipinski definition) is 1. The fraction of sp³-hybridized carbons (Fsp3) is 0.571. The highest BCUT2D eigenvalue weighted by molar-refractivity contribution is 6.31. The SMILES string of the molecule is C[C@@H]1CCCC[C@H]1NC(=O)COC(=O)[C@@H]1CC(=O)N(Cc2ccccc2Cl)C1. The number of esters is 1. The van der Waals surface area contributed by atoms with Gasteiger partial charge in [0.25, 0.3) is 5.91 Å². The molecule has 1 aliphatic heterocycles. The van der Waals surface area contributed by atoms with Crippen LogP contribution < -0.4 is 5.32 Å². The molecule has 1 aromatic rings. The molecule has 28 heavy (non-hydrogen) atoms. The van der Waals surface area contributed by atoms with Crippen LogP contribution in [0.1, 0.15) is 44.6 Å². The predicted octanol–water partition coefficient (Wildman–Crippen LogP) is 2.93. The molecule has 2 aliphatic rings. The second kappa shape index (κ2) is 9.41. The first kappa shape index (κ1) is 20.6. The maximum atomic E-state index is 12.3. The summed E-state index contributed by atoms with van der Waals surface area (Å²) in [6.07, 6.45) is 4.49. The van der Waals surface area contributed by atoms with E-state index >= 15 is 0 Å². The van der Waals surface area contributed by atoms with E-state index in [4.69, 9.17) is 16.3 Å². The number of ether oxygens (including phenoxy) is 1. The van der Waals surface area contributed by atoms with Crippen LogP contribution in [0.4, 0.5) is 0 Å². The third-order valence-corrected chi connectivity index (χ3v) is 6.04. The highest BCUT2D eigenvalue weighted by Crippen LogP contribution is 2.25. The minimum atomic E-state index is -0.545. The standard InChI is InChI=1S/C21H27ClN2O4/c1-14-6-2-5-9-18(14)23-19(25)13-28-21(27)16-10-20(26)24(12-16)11-15-7-3-4-8-17(15)22/h3-4,7-8,14,16,18H,2,5-6,9-13H2,1H3,(H,23,25)/t14-,16-,18-/m1/s1. The van der Waals surface area contributed by atoms with Gasteiger partial charge < -0.3 is 15.0 Å². The molecule has 2 amide bonds. The van der Waals surface area contributed by atoms with Crippen LogP contribution in [0, 0.1) is 11.8 Å². The quantitative estimate of drug-likeness (QED) is 0.737. The molecule has 1 aliphatic carbocycles. The summed E-state index contributed by atoms with van der Waals surface area (Å²) in [5, 5.41) is 3.56. The topological polar surface area (TPSA) is 75.7 Å². The van der Waals surface area contributed by atoms with Gasteiger partial charge in [0.1, 0.15) is 0 Å². The van der Waals surface area contributed by atoms with Crippen LogP contribution in [0.5, 0.6) is 0 Å². The van der Waals surface area contributed by atoms with Crippen LogP contribution in [0.3, 0.4) is 0 Å². The van der Waals surface area contributed by atoms with Gasteiger partial charge in [-0.15, -0.1) is 0 Å². The predicted molar refractivity (Wildman–Crippen MR) is 105 cm³/mol. The lowest BCUT2D eigenvalue weighted by molar-refractivity contribution is -0.152. The van der Waals surface area contributed by atoms with Crippen molar-refractivity contribution in [3.8, 4) is 0 Å². The molecule has 1 aromatic carbocycles. The number of benzene rings is 1. The summed E-state index contributed by atoms with van der Waals surface area (Å²) in [6, 6.07) is 7.47. The summed E-state index contributed by atoms with van der Waals surface area (Å²) >= 11 is 6.15. The van der Waals surface area contributed by atoms with Crippen molar-refractivity contribution >= 4 is 29.4 Å². The summed E-state index contributed by atoms with van der Waals surface area (Å²) in [4.78, 5) is 38.3. The molecule has 152 valence electrons. The van der Waals surface area contributed by atoms with Gasteiger partial charge in [-0.1, -0.05) is 49.6 Å². The van der Waals surface area contributed by atoms with Crippen LogP contribution in [-0.2, 0) is 25.7 Å². The first-order chi connectivity index (χ1) is 13.4. The maximum Gasteiger partial charge on any atom is 0.311 e. The van der Waals surface area contributed by atoms with E-state index in [0.29, 0.717) is 17.5 Å². The minimum Gasteiger partial charge on any atom is -0.455 e. The maximum absolute atomic E-state index is 12.3. The molecule has 6 nitrogen and oxygen atoms in total. The number of likely N-dealkylation sites (tertiary alicyclic amines) is 1. The van der Waals surface area contributed by atoms with Crippen molar-refractivity contribution in [2.75, 3.05) is 13.2 Å². The van der Waals surface area contributed by atoms with E-state index in [0.717, 1.165) is 24.8 Å². The third-order valence-electron chi connectivity index (χ3n) is 5.67. The smallest absolute Gasteiger partial charge is 0.311 e. The molecule has 3 atom stereocenters. The molecule has 1 saturated heterocycles. The van der Waals surface area contributed by atoms with Gasteiger partial charge in [0.2, 0.25) is 5.91 Å². The highest BCUT2D eigenvalue weighted by atomic mass is 35.5. The molecule has 1 heterocycles. The van der Waals surface area contributed by atoms with E-state index < -0.39 is 11.9 Å². The molecule has 0 aromatic heterocycles. The molecule has 0 radical (unpaired) electrons. The lowest BCUT2D eigenvalue weighted by Crippen LogP contribution is -2.43. The second-order valence-electron chi connectivity index (χ2n) is 7.81. The number of hydrogen-bond acceptors (Lipinski definition) is 4. The number of nitrogens with zero attached hydrogens (tertiary/aromatic N) is 1. The molecule has 3 rings (SSSR count). The van der Waals surface area contributed by atoms with Crippen LogP contribution >= 0.6 is 11.6 Å². The van der Waals surface area contributed by atoms with Gasteiger partial charge >= 0.3 is 5.97 Å². The van der Waals surface area contributed by atoms with Gasteiger partial charge in [-0.3, -0.25) is 14.4 Å². The van der Waals surface area contributed by atoms with Crippen LogP contribution in [-0.4, -0.2) is 41.9 Å². The molecule has 0 bridgehead atoms. The Kier molecular flexibility index (Phi) is 6.94. The Morgan fingerprint density at radius 3 is 2.75 bits per heavy atom. The minimum absolute atomic E-state index is 0.102. The summed E-state index contributed by atoms with van der Waals surface area (Å²) in [6.45, 7) is 2.48. The Morgan fingerprint density at radius 2 is 2.00 bits per heavy atom. The Labute approximate surface area is 170 Å². The van der Waals surface area contributed by atoms with Gasteiger partial charge in [0, 0.05) is 30.6 Å². The molecule has 2 fully saturated rings. The molecule has 1 saturated carbocycles. The monoisotopic (exact) mass is 406 g/mol. The van der Waals surface area contributed by atoms with Gasteiger partial charge in [-0.2, -0.15) is 0 Å². The van der Waals surface area contributed by atoms with Crippen LogP contribution in [0.25, 0.3) is 0 Å². The molecular formula is C21H27ClN2O4. The molecule has 0 unspecified atom stereocenters. The first-order valence-corrected chi connectivity index (χ1v) is 10.3. The number of carbonyl (C=O) groups excluding carboxylic acids is 3. The fourth-order valence-electron chi connectivity index (χ4n) is 3.95. The summed E-state index contributed by atoms with van der Waals surface area (Å²) in [5.41, 5.74) is 0.840. The lowest BCUT2D eigenvalue weighted by atomic mass is 9.86. The Hall–Kier alpha value is -2.08. The summed E-state index contributed by atoms with van der Waals surface area (Å²) in [7, 11) is 0. The fourth-order valence-corrected chi connectivity index (χ4v) is 4.14. The van der Waals surface area contributed by atoms with E-state index in [-0.39, 0.29) is 37.4 Å². The molecular weight excluding hydrogens is 380 g/mol. The number of amides is 2. The first-order valence-electron chi connectivity index (χ1n) is 9.91. The van der Waals surface area contributed by atoms with Gasteiger partial charge in [0.05, 0.1) is 5.92 Å². The number of carbonyl (C=O) groups is 3. The number of rotatable bonds is 6. The molecule has 0 spiro atoms. The summed E-state index contributed by atoms with van der Waals surface area (Å²) in [5.74, 6) is -0.982. The largest absolute Gasteiger partial charge is 0.455 e. The number of nitrogens with one attached hydrogen (secondary N) is 1. The van der Waals surface area contributed by atoms with Crippen molar-refractivity contribution in [2.45, 2.75) is 51.6 Å². The normalized spacial score (nSPS) is 24.9. The van der Waals surface area contributed by atoms with Crippen molar-refractivity contribution in [1.82, 2.24) is 10.2 Å². The van der Waals surface area contributed by atoms with E-state index in [1.807, 2.05) is 18.2 Å². The average Bonchev–Trinajstić information content (AvgIpc) is 3.04. The second-order valence-corrected chi connectivity index (χ2v) is 8.22. The van der Waals surface area contributed by atoms with E-state index in [2.05, 4.69) is 12.2 Å². The summed E-state index contributed by atoms with van der Waals surface area (Å²) < 4.78 is 5.18. The van der Waals surface area contributed by atoms with E-state index in [1.165, 1.54) is 6.42 Å². The molecule has 1 N–H and O–H groups in total. The van der Waals surface area contributed by atoms with Crippen molar-refractivity contribution < 1.29 is 19.1 Å². The van der Waals surface area contributed by atoms with Gasteiger partial charge in [-0.05, 0) is 30.4 Å². The Morgan fingerprint density at radius 1 is 1.25 bits per heavy atom.